The SMILES string of the molecule is O=C(CCc1cccs1)N1CCS(=O)(=O)CC1. The fraction of sp³-hybridized carbons (Fsp3) is 0.545. The number of rotatable bonds is 3. The quantitative estimate of drug-likeness (QED) is 0.823. The second-order valence-electron chi connectivity index (χ2n) is 4.11. The molecule has 94 valence electrons. The Morgan fingerprint density at radius 2 is 2.06 bits per heavy atom. The predicted molar refractivity (Wildman–Crippen MR) is 67.9 cm³/mol. The lowest BCUT2D eigenvalue weighted by atomic mass is 10.2. The Morgan fingerprint density at radius 1 is 1.35 bits per heavy atom. The number of hydrogen-bond acceptors (Lipinski definition) is 4. The zero-order chi connectivity index (χ0) is 12.3. The van der Waals surface area contributed by atoms with E-state index in [0.29, 0.717) is 19.5 Å². The van der Waals surface area contributed by atoms with Crippen LogP contribution in [-0.4, -0.2) is 43.8 Å². The number of amides is 1. The lowest BCUT2D eigenvalue weighted by molar-refractivity contribution is -0.130. The third-order valence-electron chi connectivity index (χ3n) is 2.86. The van der Waals surface area contributed by atoms with E-state index in [4.69, 9.17) is 0 Å². The summed E-state index contributed by atoms with van der Waals surface area (Å²) in [5, 5.41) is 1.99. The first-order valence-corrected chi connectivity index (χ1v) is 8.27. The molecule has 0 unspecified atom stereocenters. The fourth-order valence-electron chi connectivity index (χ4n) is 1.80. The smallest absolute Gasteiger partial charge is 0.222 e. The predicted octanol–water partition coefficient (Wildman–Crippen LogP) is 0.938. The number of nitrogens with zero attached hydrogens (tertiary/aromatic N) is 1. The molecule has 2 rings (SSSR count). The summed E-state index contributed by atoms with van der Waals surface area (Å²) < 4.78 is 22.5. The van der Waals surface area contributed by atoms with Gasteiger partial charge in [0.2, 0.25) is 5.91 Å². The molecule has 1 aromatic heterocycles. The van der Waals surface area contributed by atoms with Crippen LogP contribution >= 0.6 is 11.3 Å². The van der Waals surface area contributed by atoms with Crippen LogP contribution in [0.3, 0.4) is 0 Å². The molecule has 4 nitrogen and oxygen atoms in total. The first-order chi connectivity index (χ1) is 8.07. The van der Waals surface area contributed by atoms with Crippen molar-refractivity contribution >= 4 is 27.1 Å². The Bertz CT molecular complexity index is 465. The van der Waals surface area contributed by atoms with Gasteiger partial charge >= 0.3 is 0 Å². The molecular weight excluding hydrogens is 258 g/mol. The lowest BCUT2D eigenvalue weighted by Crippen LogP contribution is -2.43. The van der Waals surface area contributed by atoms with E-state index in [1.54, 1.807) is 16.2 Å². The maximum atomic E-state index is 11.8. The van der Waals surface area contributed by atoms with E-state index in [-0.39, 0.29) is 17.4 Å². The lowest BCUT2D eigenvalue weighted by Gasteiger charge is -2.26. The summed E-state index contributed by atoms with van der Waals surface area (Å²) in [5.74, 6) is 0.281. The number of carbonyl (C=O) groups is 1. The van der Waals surface area contributed by atoms with Crippen molar-refractivity contribution in [3.63, 3.8) is 0 Å². The Balaban J connectivity index is 1.81. The van der Waals surface area contributed by atoms with E-state index in [0.717, 1.165) is 6.42 Å². The monoisotopic (exact) mass is 273 g/mol. The summed E-state index contributed by atoms with van der Waals surface area (Å²) in [6.07, 6.45) is 1.22. The maximum Gasteiger partial charge on any atom is 0.222 e. The fourth-order valence-corrected chi connectivity index (χ4v) is 3.72. The molecule has 1 aliphatic heterocycles. The molecule has 0 saturated carbocycles. The molecule has 0 bridgehead atoms. The minimum absolute atomic E-state index is 0.0632. The van der Waals surface area contributed by atoms with Crippen molar-refractivity contribution in [1.82, 2.24) is 4.90 Å². The van der Waals surface area contributed by atoms with Crippen LogP contribution in [0.5, 0.6) is 0 Å². The van der Waals surface area contributed by atoms with Crippen LogP contribution in [0.25, 0.3) is 0 Å². The van der Waals surface area contributed by atoms with Crippen LogP contribution in [-0.2, 0) is 21.1 Å². The molecule has 2 heterocycles. The van der Waals surface area contributed by atoms with Crippen molar-refractivity contribution in [2.45, 2.75) is 12.8 Å². The minimum atomic E-state index is -2.90. The van der Waals surface area contributed by atoms with E-state index in [9.17, 15) is 13.2 Å². The molecular formula is C11H15NO3S2. The second kappa shape index (κ2) is 5.18. The van der Waals surface area contributed by atoms with Crippen LogP contribution < -0.4 is 0 Å². The largest absolute Gasteiger partial charge is 0.341 e. The Hall–Kier alpha value is -0.880. The van der Waals surface area contributed by atoms with Gasteiger partial charge < -0.3 is 4.90 Å². The van der Waals surface area contributed by atoms with Gasteiger partial charge in [0.25, 0.3) is 0 Å². The van der Waals surface area contributed by atoms with Crippen LogP contribution in [0.4, 0.5) is 0 Å². The number of carbonyl (C=O) groups excluding carboxylic acids is 1. The topological polar surface area (TPSA) is 54.5 Å². The molecule has 0 N–H and O–H groups in total. The zero-order valence-corrected chi connectivity index (χ0v) is 11.1. The summed E-state index contributed by atoms with van der Waals surface area (Å²) in [4.78, 5) is 14.7. The molecule has 1 aliphatic rings. The van der Waals surface area contributed by atoms with Crippen LogP contribution in [0, 0.1) is 0 Å². The zero-order valence-electron chi connectivity index (χ0n) is 9.46. The summed E-state index contributed by atoms with van der Waals surface area (Å²) in [5.41, 5.74) is 0. The Morgan fingerprint density at radius 3 is 2.65 bits per heavy atom. The molecule has 6 heteroatoms. The van der Waals surface area contributed by atoms with Gasteiger partial charge in [-0.25, -0.2) is 8.42 Å². The highest BCUT2D eigenvalue weighted by molar-refractivity contribution is 7.91. The summed E-state index contributed by atoms with van der Waals surface area (Å²) in [6.45, 7) is 0.706. The van der Waals surface area contributed by atoms with Crippen molar-refractivity contribution in [2.24, 2.45) is 0 Å². The molecule has 0 aliphatic carbocycles. The van der Waals surface area contributed by atoms with Gasteiger partial charge in [-0.05, 0) is 17.9 Å². The van der Waals surface area contributed by atoms with E-state index in [1.807, 2.05) is 17.5 Å². The number of hydrogen-bond donors (Lipinski definition) is 0. The van der Waals surface area contributed by atoms with Gasteiger partial charge in [-0.3, -0.25) is 4.79 Å². The van der Waals surface area contributed by atoms with E-state index >= 15 is 0 Å². The van der Waals surface area contributed by atoms with Crippen molar-refractivity contribution in [3.8, 4) is 0 Å². The summed E-state index contributed by atoms with van der Waals surface area (Å²) in [6, 6.07) is 3.98. The molecule has 0 radical (unpaired) electrons. The molecule has 1 amide bonds. The molecule has 0 aromatic carbocycles. The van der Waals surface area contributed by atoms with Gasteiger partial charge in [0, 0.05) is 24.4 Å². The van der Waals surface area contributed by atoms with Crippen molar-refractivity contribution < 1.29 is 13.2 Å². The maximum absolute atomic E-state index is 11.8. The first-order valence-electron chi connectivity index (χ1n) is 5.57. The van der Waals surface area contributed by atoms with E-state index in [2.05, 4.69) is 0 Å². The van der Waals surface area contributed by atoms with Crippen LogP contribution in [0.15, 0.2) is 17.5 Å². The molecule has 0 atom stereocenters. The number of thiophene rings is 1. The molecule has 1 fully saturated rings. The van der Waals surface area contributed by atoms with Crippen molar-refractivity contribution in [2.75, 3.05) is 24.6 Å². The Kier molecular flexibility index (Phi) is 3.83. The third kappa shape index (κ3) is 3.54. The highest BCUT2D eigenvalue weighted by atomic mass is 32.2. The van der Waals surface area contributed by atoms with Crippen molar-refractivity contribution in [1.29, 1.82) is 0 Å². The van der Waals surface area contributed by atoms with Crippen LogP contribution in [0.1, 0.15) is 11.3 Å². The number of aryl methyl sites for hydroxylation is 1. The molecule has 1 saturated heterocycles. The normalized spacial score (nSPS) is 19.2. The van der Waals surface area contributed by atoms with Gasteiger partial charge in [-0.15, -0.1) is 11.3 Å². The second-order valence-corrected chi connectivity index (χ2v) is 7.45. The van der Waals surface area contributed by atoms with Gasteiger partial charge in [-0.2, -0.15) is 0 Å². The standard InChI is InChI=1S/C11H15NO3S2/c13-11(4-3-10-2-1-7-16-10)12-5-8-17(14,15)9-6-12/h1-2,7H,3-6,8-9H2. The minimum Gasteiger partial charge on any atom is -0.341 e. The molecule has 0 spiro atoms. The average molecular weight is 273 g/mol. The molecule has 1 aromatic rings. The molecule has 17 heavy (non-hydrogen) atoms. The third-order valence-corrected chi connectivity index (χ3v) is 5.41. The van der Waals surface area contributed by atoms with E-state index < -0.39 is 9.84 Å². The van der Waals surface area contributed by atoms with Crippen LogP contribution in [0.2, 0.25) is 0 Å². The average Bonchev–Trinajstić information content (AvgIpc) is 2.78. The van der Waals surface area contributed by atoms with E-state index in [1.165, 1.54) is 4.88 Å². The van der Waals surface area contributed by atoms with Gasteiger partial charge in [0.1, 0.15) is 0 Å². The van der Waals surface area contributed by atoms with Gasteiger partial charge in [0.15, 0.2) is 9.84 Å². The highest BCUT2D eigenvalue weighted by Crippen LogP contribution is 2.13. The summed E-state index contributed by atoms with van der Waals surface area (Å²) in [7, 11) is -2.90. The first kappa shape index (κ1) is 12.6. The highest BCUT2D eigenvalue weighted by Gasteiger charge is 2.24. The summed E-state index contributed by atoms with van der Waals surface area (Å²) >= 11 is 1.64. The van der Waals surface area contributed by atoms with Crippen molar-refractivity contribution in [3.05, 3.63) is 22.4 Å². The number of sulfone groups is 1. The van der Waals surface area contributed by atoms with Gasteiger partial charge in [-0.1, -0.05) is 6.07 Å². The Labute approximate surface area is 105 Å². The van der Waals surface area contributed by atoms with Gasteiger partial charge in [0.05, 0.1) is 11.5 Å².